The molecular weight excluding hydrogens is 328 g/mol. The van der Waals surface area contributed by atoms with Crippen LogP contribution in [-0.4, -0.2) is 48.0 Å². The molecule has 0 aromatic carbocycles. The first-order valence-corrected chi connectivity index (χ1v) is 10.1. The van der Waals surface area contributed by atoms with Crippen molar-refractivity contribution in [1.29, 1.82) is 0 Å². The van der Waals surface area contributed by atoms with E-state index in [0.717, 1.165) is 48.4 Å². The van der Waals surface area contributed by atoms with Crippen LogP contribution in [0.25, 0.3) is 10.2 Å². The summed E-state index contributed by atoms with van der Waals surface area (Å²) < 4.78 is 6.00. The molecule has 4 rings (SSSR count). The molecule has 2 aliphatic rings. The van der Waals surface area contributed by atoms with Crippen LogP contribution in [0.4, 0.5) is 5.82 Å². The third-order valence-electron chi connectivity index (χ3n) is 4.49. The fraction of sp³-hybridized carbons (Fsp3) is 0.625. The average Bonchev–Trinajstić information content (AvgIpc) is 2.91. The van der Waals surface area contributed by atoms with Gasteiger partial charge in [-0.25, -0.2) is 9.97 Å². The summed E-state index contributed by atoms with van der Waals surface area (Å²) in [4.78, 5) is 14.5. The summed E-state index contributed by atoms with van der Waals surface area (Å²) in [6.07, 6.45) is 2.98. The monoisotopic (exact) mass is 350 g/mol. The summed E-state index contributed by atoms with van der Waals surface area (Å²) in [7, 11) is 0. The van der Waals surface area contributed by atoms with E-state index in [1.165, 1.54) is 15.8 Å². The molecule has 0 spiro atoms. The lowest BCUT2D eigenvalue weighted by atomic mass is 9.94. The van der Waals surface area contributed by atoms with Crippen molar-refractivity contribution >= 4 is 39.1 Å². The van der Waals surface area contributed by atoms with E-state index in [2.05, 4.69) is 24.1 Å². The van der Waals surface area contributed by atoms with Crippen LogP contribution in [0, 0.1) is 0 Å². The van der Waals surface area contributed by atoms with Crippen molar-refractivity contribution < 1.29 is 4.74 Å². The van der Waals surface area contributed by atoms with Crippen LogP contribution in [0.5, 0.6) is 0 Å². The molecule has 0 bridgehead atoms. The maximum atomic E-state index is 6.00. The van der Waals surface area contributed by atoms with E-state index in [-0.39, 0.29) is 5.60 Å². The van der Waals surface area contributed by atoms with Gasteiger partial charge >= 0.3 is 0 Å². The Morgan fingerprint density at radius 3 is 2.78 bits per heavy atom. The number of piperazine rings is 1. The molecule has 1 N–H and O–H groups in total. The summed E-state index contributed by atoms with van der Waals surface area (Å²) in [5, 5.41) is 5.55. The molecule has 1 fully saturated rings. The van der Waals surface area contributed by atoms with E-state index in [0.29, 0.717) is 6.61 Å². The van der Waals surface area contributed by atoms with E-state index in [1.54, 1.807) is 23.1 Å². The first-order chi connectivity index (χ1) is 11.1. The predicted octanol–water partition coefficient (Wildman–Crippen LogP) is 2.67. The highest BCUT2D eigenvalue weighted by atomic mass is 32.2. The molecule has 0 radical (unpaired) electrons. The van der Waals surface area contributed by atoms with Gasteiger partial charge in [0.05, 0.1) is 17.6 Å². The molecule has 0 atom stereocenters. The zero-order chi connectivity index (χ0) is 16.0. The fourth-order valence-corrected chi connectivity index (χ4v) is 4.82. The van der Waals surface area contributed by atoms with Gasteiger partial charge in [-0.05, 0) is 25.7 Å². The predicted molar refractivity (Wildman–Crippen MR) is 96.9 cm³/mol. The van der Waals surface area contributed by atoms with Gasteiger partial charge in [-0.2, -0.15) is 0 Å². The van der Waals surface area contributed by atoms with Gasteiger partial charge in [0.1, 0.15) is 10.6 Å². The molecule has 5 nitrogen and oxygen atoms in total. The third-order valence-corrected chi connectivity index (χ3v) is 6.14. The van der Waals surface area contributed by atoms with Crippen molar-refractivity contribution in [3.63, 3.8) is 0 Å². The number of rotatable bonds is 2. The lowest BCUT2D eigenvalue weighted by Gasteiger charge is -2.32. The molecule has 0 unspecified atom stereocenters. The topological polar surface area (TPSA) is 50.3 Å². The van der Waals surface area contributed by atoms with Gasteiger partial charge in [-0.1, -0.05) is 11.8 Å². The Balaban J connectivity index is 1.90. The van der Waals surface area contributed by atoms with E-state index in [4.69, 9.17) is 14.7 Å². The molecule has 4 heterocycles. The zero-order valence-electron chi connectivity index (χ0n) is 13.8. The standard InChI is InChI=1S/C16H22N4OS2/c1-16(2)8-10-11(9-21-16)23-14-12(10)13(18-15(19-14)22-3)20-6-4-17-5-7-20/h17H,4-9H2,1-3H3. The number of hydrogen-bond acceptors (Lipinski definition) is 7. The van der Waals surface area contributed by atoms with Gasteiger partial charge in [0, 0.05) is 37.5 Å². The summed E-state index contributed by atoms with van der Waals surface area (Å²) in [6.45, 7) is 9.07. The molecule has 124 valence electrons. The van der Waals surface area contributed by atoms with Crippen molar-refractivity contribution in [3.05, 3.63) is 10.4 Å². The molecule has 2 aliphatic heterocycles. The summed E-state index contributed by atoms with van der Waals surface area (Å²) >= 11 is 3.39. The van der Waals surface area contributed by atoms with Crippen LogP contribution in [0.2, 0.25) is 0 Å². The number of ether oxygens (including phenoxy) is 1. The Bertz CT molecular complexity index is 737. The Labute approximate surface area is 144 Å². The fourth-order valence-electron chi connectivity index (χ4n) is 3.30. The molecule has 2 aromatic rings. The first kappa shape index (κ1) is 15.6. The van der Waals surface area contributed by atoms with Crippen LogP contribution < -0.4 is 10.2 Å². The van der Waals surface area contributed by atoms with E-state index in [1.807, 2.05) is 6.26 Å². The number of thioether (sulfide) groups is 1. The highest BCUT2D eigenvalue weighted by Gasteiger charge is 2.32. The number of anilines is 1. The maximum absolute atomic E-state index is 6.00. The second-order valence-electron chi connectivity index (χ2n) is 6.68. The SMILES string of the molecule is CSc1nc(N2CCNCC2)c2c3c(sc2n1)COC(C)(C)C3. The van der Waals surface area contributed by atoms with Crippen LogP contribution in [0.1, 0.15) is 24.3 Å². The number of nitrogens with zero attached hydrogens (tertiary/aromatic N) is 3. The summed E-state index contributed by atoms with van der Waals surface area (Å²) in [5.41, 5.74) is 1.29. The molecule has 0 amide bonds. The lowest BCUT2D eigenvalue weighted by molar-refractivity contribution is -0.0379. The molecular formula is C16H22N4OS2. The molecule has 0 saturated carbocycles. The molecule has 1 saturated heterocycles. The van der Waals surface area contributed by atoms with E-state index < -0.39 is 0 Å². The van der Waals surface area contributed by atoms with Crippen LogP contribution >= 0.6 is 23.1 Å². The minimum Gasteiger partial charge on any atom is -0.370 e. The quantitative estimate of drug-likeness (QED) is 0.664. The van der Waals surface area contributed by atoms with Crippen molar-refractivity contribution in [2.75, 3.05) is 37.3 Å². The minimum atomic E-state index is -0.111. The van der Waals surface area contributed by atoms with Gasteiger partial charge in [-0.15, -0.1) is 11.3 Å². The second-order valence-corrected chi connectivity index (χ2v) is 8.54. The molecule has 0 aliphatic carbocycles. The maximum Gasteiger partial charge on any atom is 0.190 e. The third kappa shape index (κ3) is 2.84. The van der Waals surface area contributed by atoms with E-state index in [9.17, 15) is 0 Å². The Morgan fingerprint density at radius 2 is 2.04 bits per heavy atom. The lowest BCUT2D eigenvalue weighted by Crippen LogP contribution is -2.44. The van der Waals surface area contributed by atoms with Gasteiger partial charge < -0.3 is 15.0 Å². The number of thiophene rings is 1. The minimum absolute atomic E-state index is 0.111. The largest absolute Gasteiger partial charge is 0.370 e. The Morgan fingerprint density at radius 1 is 1.26 bits per heavy atom. The Kier molecular flexibility index (Phi) is 3.99. The van der Waals surface area contributed by atoms with Gasteiger partial charge in [-0.3, -0.25) is 0 Å². The zero-order valence-corrected chi connectivity index (χ0v) is 15.4. The van der Waals surface area contributed by atoms with Crippen molar-refractivity contribution in [2.24, 2.45) is 0 Å². The number of nitrogens with one attached hydrogen (secondary N) is 1. The number of fused-ring (bicyclic) bond motifs is 3. The normalized spacial score (nSPS) is 20.7. The number of hydrogen-bond donors (Lipinski definition) is 1. The van der Waals surface area contributed by atoms with Crippen LogP contribution in [0.3, 0.4) is 0 Å². The molecule has 23 heavy (non-hydrogen) atoms. The van der Waals surface area contributed by atoms with E-state index >= 15 is 0 Å². The van der Waals surface area contributed by atoms with Crippen molar-refractivity contribution in [1.82, 2.24) is 15.3 Å². The smallest absolute Gasteiger partial charge is 0.190 e. The van der Waals surface area contributed by atoms with Crippen molar-refractivity contribution in [3.8, 4) is 0 Å². The van der Waals surface area contributed by atoms with Crippen LogP contribution in [0.15, 0.2) is 5.16 Å². The summed E-state index contributed by atoms with van der Waals surface area (Å²) in [5.74, 6) is 1.12. The second kappa shape index (κ2) is 5.88. The van der Waals surface area contributed by atoms with Gasteiger partial charge in [0.15, 0.2) is 5.16 Å². The first-order valence-electron chi connectivity index (χ1n) is 8.03. The Hall–Kier alpha value is -0.890. The molecule has 7 heteroatoms. The highest BCUT2D eigenvalue weighted by molar-refractivity contribution is 7.98. The van der Waals surface area contributed by atoms with Crippen molar-refractivity contribution in [2.45, 2.75) is 37.6 Å². The van der Waals surface area contributed by atoms with Crippen LogP contribution in [-0.2, 0) is 17.8 Å². The highest BCUT2D eigenvalue weighted by Crippen LogP contribution is 2.42. The van der Waals surface area contributed by atoms with Gasteiger partial charge in [0.2, 0.25) is 0 Å². The average molecular weight is 351 g/mol. The molecule has 2 aromatic heterocycles. The van der Waals surface area contributed by atoms with Gasteiger partial charge in [0.25, 0.3) is 0 Å². The number of aromatic nitrogens is 2. The summed E-state index contributed by atoms with van der Waals surface area (Å²) in [6, 6.07) is 0.